The number of ether oxygens (including phenoxy) is 1. The molecule has 0 bridgehead atoms. The fraction of sp³-hybridized carbons (Fsp3) is 0.273. The molecule has 4 nitrogen and oxygen atoms in total. The molecule has 4 heteroatoms. The van der Waals surface area contributed by atoms with Crippen LogP contribution in [0.15, 0.2) is 29.3 Å². The molecule has 0 atom stereocenters. The van der Waals surface area contributed by atoms with E-state index < -0.39 is 0 Å². The first-order valence-corrected chi connectivity index (χ1v) is 4.49. The average Bonchev–Trinajstić information content (AvgIpc) is 2.27. The standard InChI is InChI=1S/C11H13NO3/c1-12-10(7-11(14)15-2)8-3-5-9(13)6-4-8/h3-6,13H,7H2,1-2H3. The minimum absolute atomic E-state index is 0.137. The van der Waals surface area contributed by atoms with Gasteiger partial charge in [-0.1, -0.05) is 0 Å². The summed E-state index contributed by atoms with van der Waals surface area (Å²) in [6, 6.07) is 6.52. The van der Waals surface area contributed by atoms with Crippen LogP contribution in [0.2, 0.25) is 0 Å². The number of nitrogens with zero attached hydrogens (tertiary/aromatic N) is 1. The number of rotatable bonds is 3. The summed E-state index contributed by atoms with van der Waals surface area (Å²) in [6.07, 6.45) is 0.137. The fourth-order valence-electron chi connectivity index (χ4n) is 1.17. The van der Waals surface area contributed by atoms with Crippen LogP contribution >= 0.6 is 0 Å². The number of hydrogen-bond donors (Lipinski definition) is 1. The Morgan fingerprint density at radius 1 is 1.40 bits per heavy atom. The zero-order valence-corrected chi connectivity index (χ0v) is 8.73. The van der Waals surface area contributed by atoms with Crippen molar-refractivity contribution < 1.29 is 14.6 Å². The van der Waals surface area contributed by atoms with Gasteiger partial charge in [0.15, 0.2) is 0 Å². The highest BCUT2D eigenvalue weighted by Gasteiger charge is 2.08. The van der Waals surface area contributed by atoms with Gasteiger partial charge in [-0.3, -0.25) is 9.79 Å². The van der Waals surface area contributed by atoms with E-state index >= 15 is 0 Å². The van der Waals surface area contributed by atoms with E-state index in [1.54, 1.807) is 31.3 Å². The third kappa shape index (κ3) is 3.09. The number of hydrogen-bond acceptors (Lipinski definition) is 4. The summed E-state index contributed by atoms with van der Waals surface area (Å²) in [5, 5.41) is 9.11. The molecular weight excluding hydrogens is 194 g/mol. The van der Waals surface area contributed by atoms with E-state index in [9.17, 15) is 4.79 Å². The quantitative estimate of drug-likeness (QED) is 0.601. The van der Waals surface area contributed by atoms with Crippen molar-refractivity contribution in [1.82, 2.24) is 0 Å². The lowest BCUT2D eigenvalue weighted by Crippen LogP contribution is -2.10. The Morgan fingerprint density at radius 2 is 2.00 bits per heavy atom. The first kappa shape index (κ1) is 11.2. The first-order chi connectivity index (χ1) is 7.17. The van der Waals surface area contributed by atoms with Gasteiger partial charge in [-0.05, 0) is 29.8 Å². The third-order valence-electron chi connectivity index (χ3n) is 2.01. The van der Waals surface area contributed by atoms with Crippen molar-refractivity contribution in [3.8, 4) is 5.75 Å². The second kappa shape index (κ2) is 5.14. The predicted molar refractivity (Wildman–Crippen MR) is 57.2 cm³/mol. The molecule has 80 valence electrons. The monoisotopic (exact) mass is 207 g/mol. The van der Waals surface area contributed by atoms with Crippen LogP contribution in [0.5, 0.6) is 5.75 Å². The minimum Gasteiger partial charge on any atom is -0.508 e. The predicted octanol–water partition coefficient (Wildman–Crippen LogP) is 1.37. The summed E-state index contributed by atoms with van der Waals surface area (Å²) in [7, 11) is 2.96. The Balaban J connectivity index is 2.84. The second-order valence-corrected chi connectivity index (χ2v) is 2.97. The highest BCUT2D eigenvalue weighted by atomic mass is 16.5. The van der Waals surface area contributed by atoms with Crippen molar-refractivity contribution in [1.29, 1.82) is 0 Å². The highest BCUT2D eigenvalue weighted by molar-refractivity contribution is 6.09. The molecule has 1 aromatic carbocycles. The summed E-state index contributed by atoms with van der Waals surface area (Å²) in [5.74, 6) is -0.143. The first-order valence-electron chi connectivity index (χ1n) is 4.49. The van der Waals surface area contributed by atoms with Crippen LogP contribution in [-0.4, -0.2) is 30.9 Å². The Bertz CT molecular complexity index is 368. The maximum Gasteiger partial charge on any atom is 0.311 e. The summed E-state index contributed by atoms with van der Waals surface area (Å²) in [6.45, 7) is 0. The van der Waals surface area contributed by atoms with Gasteiger partial charge in [-0.2, -0.15) is 0 Å². The van der Waals surface area contributed by atoms with Gasteiger partial charge in [-0.25, -0.2) is 0 Å². The maximum absolute atomic E-state index is 11.1. The van der Waals surface area contributed by atoms with Gasteiger partial charge < -0.3 is 9.84 Å². The number of carbonyl (C=O) groups excluding carboxylic acids is 1. The second-order valence-electron chi connectivity index (χ2n) is 2.97. The fourth-order valence-corrected chi connectivity index (χ4v) is 1.17. The van der Waals surface area contributed by atoms with Crippen LogP contribution in [0, 0.1) is 0 Å². The number of methoxy groups -OCH3 is 1. The van der Waals surface area contributed by atoms with Crippen molar-refractivity contribution in [3.05, 3.63) is 29.8 Å². The normalized spacial score (nSPS) is 11.2. The van der Waals surface area contributed by atoms with Crippen molar-refractivity contribution >= 4 is 11.7 Å². The van der Waals surface area contributed by atoms with E-state index in [-0.39, 0.29) is 18.1 Å². The maximum atomic E-state index is 11.1. The molecule has 0 aliphatic heterocycles. The molecule has 0 heterocycles. The zero-order valence-electron chi connectivity index (χ0n) is 8.73. The molecule has 0 saturated carbocycles. The van der Waals surface area contributed by atoms with Crippen LogP contribution in [0.1, 0.15) is 12.0 Å². The van der Waals surface area contributed by atoms with Gasteiger partial charge in [0.25, 0.3) is 0 Å². The molecule has 0 aromatic heterocycles. The summed E-state index contributed by atoms with van der Waals surface area (Å²) < 4.78 is 4.56. The van der Waals surface area contributed by atoms with Gasteiger partial charge in [0.2, 0.25) is 0 Å². The third-order valence-corrected chi connectivity index (χ3v) is 2.01. The Labute approximate surface area is 88.2 Å². The molecule has 0 spiro atoms. The van der Waals surface area contributed by atoms with Crippen molar-refractivity contribution in [2.24, 2.45) is 4.99 Å². The number of aromatic hydroxyl groups is 1. The van der Waals surface area contributed by atoms with Crippen LogP contribution in [-0.2, 0) is 9.53 Å². The number of carbonyl (C=O) groups is 1. The molecule has 0 unspecified atom stereocenters. The number of esters is 1. The van der Waals surface area contributed by atoms with Gasteiger partial charge in [0.05, 0.1) is 19.2 Å². The van der Waals surface area contributed by atoms with Crippen molar-refractivity contribution in [3.63, 3.8) is 0 Å². The van der Waals surface area contributed by atoms with Crippen LogP contribution < -0.4 is 0 Å². The lowest BCUT2D eigenvalue weighted by molar-refractivity contribution is -0.139. The molecule has 0 amide bonds. The minimum atomic E-state index is -0.330. The lowest BCUT2D eigenvalue weighted by atomic mass is 10.1. The van der Waals surface area contributed by atoms with E-state index in [0.29, 0.717) is 5.71 Å². The molecular formula is C11H13NO3. The average molecular weight is 207 g/mol. The largest absolute Gasteiger partial charge is 0.508 e. The zero-order chi connectivity index (χ0) is 11.3. The molecule has 1 N–H and O–H groups in total. The lowest BCUT2D eigenvalue weighted by Gasteiger charge is -2.04. The van der Waals surface area contributed by atoms with Crippen LogP contribution in [0.25, 0.3) is 0 Å². The SMILES string of the molecule is CN=C(CC(=O)OC)c1ccc(O)cc1. The van der Waals surface area contributed by atoms with E-state index in [1.165, 1.54) is 7.11 Å². The molecule has 0 fully saturated rings. The van der Waals surface area contributed by atoms with Crippen molar-refractivity contribution in [2.45, 2.75) is 6.42 Å². The van der Waals surface area contributed by atoms with E-state index in [0.717, 1.165) is 5.56 Å². The topological polar surface area (TPSA) is 58.9 Å². The molecule has 0 saturated heterocycles. The van der Waals surface area contributed by atoms with E-state index in [2.05, 4.69) is 9.73 Å². The summed E-state index contributed by atoms with van der Waals surface area (Å²) >= 11 is 0. The number of benzene rings is 1. The highest BCUT2D eigenvalue weighted by Crippen LogP contribution is 2.12. The van der Waals surface area contributed by atoms with Gasteiger partial charge in [0.1, 0.15) is 5.75 Å². The molecule has 0 radical (unpaired) electrons. The molecule has 1 rings (SSSR count). The Morgan fingerprint density at radius 3 is 2.47 bits per heavy atom. The van der Waals surface area contributed by atoms with Gasteiger partial charge in [0, 0.05) is 7.05 Å². The van der Waals surface area contributed by atoms with Crippen LogP contribution in [0.3, 0.4) is 0 Å². The number of phenols is 1. The summed E-state index contributed by atoms with van der Waals surface area (Å²) in [5.41, 5.74) is 1.45. The van der Waals surface area contributed by atoms with E-state index in [1.807, 2.05) is 0 Å². The van der Waals surface area contributed by atoms with Crippen LogP contribution in [0.4, 0.5) is 0 Å². The van der Waals surface area contributed by atoms with Gasteiger partial charge in [-0.15, -0.1) is 0 Å². The Hall–Kier alpha value is -1.84. The summed E-state index contributed by atoms with van der Waals surface area (Å²) in [4.78, 5) is 15.1. The molecule has 0 aliphatic carbocycles. The molecule has 15 heavy (non-hydrogen) atoms. The molecule has 0 aliphatic rings. The van der Waals surface area contributed by atoms with Crippen molar-refractivity contribution in [2.75, 3.05) is 14.2 Å². The van der Waals surface area contributed by atoms with Gasteiger partial charge >= 0.3 is 5.97 Å². The number of aliphatic imine (C=N–C) groups is 1. The smallest absolute Gasteiger partial charge is 0.311 e. The number of phenolic OH excluding ortho intramolecular Hbond substituents is 1. The van der Waals surface area contributed by atoms with E-state index in [4.69, 9.17) is 5.11 Å². The molecule has 1 aromatic rings. The Kier molecular flexibility index (Phi) is 3.85.